The number of carbonyl (C=O) groups is 2. The molecule has 2 aliphatic heterocycles. The number of benzene rings is 2. The summed E-state index contributed by atoms with van der Waals surface area (Å²) in [6, 6.07) is 14.0. The van der Waals surface area contributed by atoms with Crippen molar-refractivity contribution in [1.82, 2.24) is 10.6 Å². The number of nitrogen functional groups attached to an aromatic ring is 1. The van der Waals surface area contributed by atoms with Crippen molar-refractivity contribution in [3.8, 4) is 5.75 Å². The van der Waals surface area contributed by atoms with Crippen LogP contribution in [0.4, 0.5) is 5.69 Å². The van der Waals surface area contributed by atoms with Crippen LogP contribution >= 0.6 is 0 Å². The second-order valence-corrected chi connectivity index (χ2v) is 23.9. The summed E-state index contributed by atoms with van der Waals surface area (Å²) in [7, 11) is 1.91. The Bertz CT molecular complexity index is 2300. The summed E-state index contributed by atoms with van der Waals surface area (Å²) in [6.07, 6.45) is 14.4. The first-order valence-corrected chi connectivity index (χ1v) is 25.4. The van der Waals surface area contributed by atoms with Crippen LogP contribution in [0.25, 0.3) is 0 Å². The Morgan fingerprint density at radius 3 is 2.54 bits per heavy atom. The number of phenols is 1. The molecule has 352 valence electrons. The molecular weight excluding hydrogens is 811 g/mol. The highest BCUT2D eigenvalue weighted by atomic mass is 16.6. The van der Waals surface area contributed by atoms with E-state index < -0.39 is 34.1 Å². The number of rotatable bonds is 9. The molecule has 7 N–H and O–H groups in total. The Hall–Kier alpha value is -3.34. The molecule has 7 aliphatic carbocycles. The van der Waals surface area contributed by atoms with Crippen LogP contribution in [0.3, 0.4) is 0 Å². The van der Waals surface area contributed by atoms with Gasteiger partial charge in [-0.2, -0.15) is 0 Å². The monoisotopic (exact) mass is 888 g/mol. The highest BCUT2D eigenvalue weighted by molar-refractivity contribution is 6.00. The Kier molecular flexibility index (Phi) is 11.1. The topological polar surface area (TPSA) is 157 Å². The number of allylic oxidation sites excluding steroid dienone is 4. The lowest BCUT2D eigenvalue weighted by Crippen LogP contribution is -2.72. The third-order valence-electron chi connectivity index (χ3n) is 20.2. The summed E-state index contributed by atoms with van der Waals surface area (Å²) in [5.41, 5.74) is 9.39. The lowest BCUT2D eigenvalue weighted by Gasteiger charge is -2.72. The molecule has 9 aliphatic rings. The number of epoxide rings is 1. The van der Waals surface area contributed by atoms with Crippen molar-refractivity contribution in [2.75, 3.05) is 19.3 Å². The van der Waals surface area contributed by atoms with E-state index in [9.17, 15) is 20.1 Å². The van der Waals surface area contributed by atoms with E-state index in [-0.39, 0.29) is 58.2 Å². The van der Waals surface area contributed by atoms with Gasteiger partial charge in [0.05, 0.1) is 23.2 Å². The summed E-state index contributed by atoms with van der Waals surface area (Å²) < 4.78 is 6.54. The average molecular weight is 888 g/mol. The highest BCUT2D eigenvalue weighted by Gasteiger charge is 2.75. The van der Waals surface area contributed by atoms with Crippen molar-refractivity contribution >= 4 is 17.3 Å². The van der Waals surface area contributed by atoms with Crippen LogP contribution in [0.5, 0.6) is 5.75 Å². The van der Waals surface area contributed by atoms with E-state index in [0.717, 1.165) is 80.2 Å². The van der Waals surface area contributed by atoms with Crippen molar-refractivity contribution < 1.29 is 29.6 Å². The van der Waals surface area contributed by atoms with Crippen molar-refractivity contribution in [1.29, 1.82) is 0 Å². The predicted octanol–water partition coefficient (Wildman–Crippen LogP) is 9.05. The van der Waals surface area contributed by atoms with Crippen molar-refractivity contribution in [3.05, 3.63) is 82.5 Å². The van der Waals surface area contributed by atoms with Gasteiger partial charge < -0.3 is 36.4 Å². The molecule has 9 heteroatoms. The SMILES string of the molecule is CNCc1cc(O)cc([C@H]2C(=O)[C@]34CC=C[C@@H]2[C@@]2(C)[C@H]5CCC6=C([C@H](C)C[C@@H](O)[C@H]7O[C@]7(C)[C@@H]7CCC[C@H]7c7cccc(N)c7)C(=O)C[C@]6(C)[C@@]5(C)C[C@H](NC[C@](C)(O)CCCC3)[C@@H]42)c1. The first-order chi connectivity index (χ1) is 30.8. The van der Waals surface area contributed by atoms with E-state index in [2.05, 4.69) is 75.6 Å². The lowest BCUT2D eigenvalue weighted by atomic mass is 9.32. The van der Waals surface area contributed by atoms with E-state index in [1.54, 1.807) is 6.07 Å². The van der Waals surface area contributed by atoms with Crippen LogP contribution in [0.15, 0.2) is 65.8 Å². The van der Waals surface area contributed by atoms with E-state index in [4.69, 9.17) is 10.5 Å². The molecule has 9 nitrogen and oxygen atoms in total. The fraction of sp³-hybridized carbons (Fsp3) is 0.679. The number of carbonyl (C=O) groups excluding carboxylic acids is 2. The zero-order chi connectivity index (χ0) is 46.1. The summed E-state index contributed by atoms with van der Waals surface area (Å²) in [5, 5.41) is 42.2. The second-order valence-electron chi connectivity index (χ2n) is 23.9. The number of aliphatic hydroxyl groups is 2. The highest BCUT2D eigenvalue weighted by Crippen LogP contribution is 2.77. The number of ether oxygens (including phenoxy) is 1. The summed E-state index contributed by atoms with van der Waals surface area (Å²) >= 11 is 0. The minimum Gasteiger partial charge on any atom is -0.508 e. The molecule has 2 saturated heterocycles. The molecule has 6 fully saturated rings. The quantitative estimate of drug-likeness (QED) is 0.0822. The number of nitrogens with two attached hydrogens (primary N) is 1. The molecule has 0 amide bonds. The maximum atomic E-state index is 15.8. The van der Waals surface area contributed by atoms with Crippen LogP contribution in [0, 0.1) is 51.2 Å². The number of hydrogen-bond acceptors (Lipinski definition) is 9. The molecule has 16 atom stereocenters. The first kappa shape index (κ1) is 45.4. The fourth-order valence-electron chi connectivity index (χ4n) is 17.4. The smallest absolute Gasteiger partial charge is 0.159 e. The molecule has 2 aromatic carbocycles. The van der Waals surface area contributed by atoms with Gasteiger partial charge in [-0.1, -0.05) is 82.9 Å². The lowest BCUT2D eigenvalue weighted by molar-refractivity contribution is -0.211. The number of hydrogen-bond donors (Lipinski definition) is 6. The van der Waals surface area contributed by atoms with Crippen molar-refractivity contribution in [3.63, 3.8) is 0 Å². The number of aromatic hydroxyl groups is 1. The predicted molar refractivity (Wildman–Crippen MR) is 255 cm³/mol. The van der Waals surface area contributed by atoms with Crippen LogP contribution in [0.1, 0.15) is 154 Å². The molecular formula is C56H77N3O6. The van der Waals surface area contributed by atoms with Crippen LogP contribution in [-0.2, 0) is 20.9 Å². The number of anilines is 1. The van der Waals surface area contributed by atoms with Crippen molar-refractivity contribution in [2.45, 2.75) is 173 Å². The number of ketones is 2. The van der Waals surface area contributed by atoms with Gasteiger partial charge in [0.2, 0.25) is 0 Å². The maximum Gasteiger partial charge on any atom is 0.159 e. The van der Waals surface area contributed by atoms with E-state index in [0.29, 0.717) is 56.4 Å². The van der Waals surface area contributed by atoms with Crippen LogP contribution in [0.2, 0.25) is 0 Å². The van der Waals surface area contributed by atoms with Gasteiger partial charge in [-0.3, -0.25) is 9.59 Å². The largest absolute Gasteiger partial charge is 0.508 e. The summed E-state index contributed by atoms with van der Waals surface area (Å²) in [6.45, 7) is 14.7. The standard InChI is InChI=1S/C56H77N3O6/c1-32(23-43(61)50-55(6,65-50)39-16-11-15-38(39)34-13-10-14-36(57)26-34)46-40-18-19-45-53(4,52(40,3)29-44(46)62)28-42-48-54(45,5)41-17-12-22-56(48,21-9-8-20-51(2,64)31-59-42)49(63)47(41)35-24-33(30-58-7)25-37(60)27-35/h10,12-14,17,24-27,32,38-39,41-43,45,47-48,50,58-61,64H,8-9,11,15-16,18-23,28-31,57H2,1-7H3/t32-,38+,39-,41+,42+,43-,45+,47-,48-,50-,51-,52+,53+,54+,55-,56+/m1/s1. The zero-order valence-corrected chi connectivity index (χ0v) is 40.2. The van der Waals surface area contributed by atoms with Gasteiger partial charge in [-0.05, 0) is 172 Å². The molecule has 0 aromatic heterocycles. The fourth-order valence-corrected chi connectivity index (χ4v) is 17.4. The van der Waals surface area contributed by atoms with E-state index in [1.165, 1.54) is 11.1 Å². The normalized spacial score (nSPS) is 44.3. The number of aliphatic hydroxyl groups excluding tert-OH is 1. The third kappa shape index (κ3) is 6.84. The molecule has 0 unspecified atom stereocenters. The van der Waals surface area contributed by atoms with E-state index in [1.807, 2.05) is 32.2 Å². The van der Waals surface area contributed by atoms with Gasteiger partial charge in [0.25, 0.3) is 0 Å². The average Bonchev–Trinajstić information content (AvgIpc) is 3.64. The van der Waals surface area contributed by atoms with Crippen molar-refractivity contribution in [2.24, 2.45) is 51.2 Å². The number of phenolic OH excluding ortho intramolecular Hbond substituents is 1. The van der Waals surface area contributed by atoms with Gasteiger partial charge in [-0.25, -0.2) is 0 Å². The summed E-state index contributed by atoms with van der Waals surface area (Å²) in [4.78, 5) is 30.6. The van der Waals surface area contributed by atoms with Crippen LogP contribution < -0.4 is 16.4 Å². The van der Waals surface area contributed by atoms with Crippen LogP contribution in [-0.4, -0.2) is 69.9 Å². The van der Waals surface area contributed by atoms with Gasteiger partial charge in [0, 0.05) is 42.1 Å². The van der Waals surface area contributed by atoms with Gasteiger partial charge in [0.1, 0.15) is 17.6 Å². The van der Waals surface area contributed by atoms with Gasteiger partial charge in [0.15, 0.2) is 5.78 Å². The first-order valence-electron chi connectivity index (χ1n) is 25.4. The summed E-state index contributed by atoms with van der Waals surface area (Å²) in [5.74, 6) is 0.988. The molecule has 65 heavy (non-hydrogen) atoms. The van der Waals surface area contributed by atoms with Gasteiger partial charge in [-0.15, -0.1) is 0 Å². The van der Waals surface area contributed by atoms with E-state index >= 15 is 4.79 Å². The Morgan fingerprint density at radius 1 is 0.985 bits per heavy atom. The Balaban J connectivity index is 1.00. The molecule has 2 bridgehead atoms. The third-order valence-corrected chi connectivity index (χ3v) is 20.2. The maximum absolute atomic E-state index is 15.8. The molecule has 1 spiro atoms. The number of β-amino-alcohol motifs (C(OH)–C–C–N with tert-alkyl or cyclic N) is 1. The molecule has 4 saturated carbocycles. The zero-order valence-electron chi connectivity index (χ0n) is 40.2. The number of Topliss-reactive ketones (excluding diaryl/α,β-unsaturated/α-hetero) is 2. The second kappa shape index (κ2) is 15.9. The molecule has 2 heterocycles. The Labute approximate surface area is 387 Å². The minimum atomic E-state index is -0.873. The Morgan fingerprint density at radius 2 is 1.77 bits per heavy atom. The number of nitrogens with one attached hydrogen (secondary N) is 2. The number of fused-ring (bicyclic) bond motifs is 5. The minimum absolute atomic E-state index is 0.0335. The van der Waals surface area contributed by atoms with Gasteiger partial charge >= 0.3 is 0 Å². The molecule has 11 rings (SSSR count). The molecule has 0 radical (unpaired) electrons. The molecule has 2 aromatic rings.